The van der Waals surface area contributed by atoms with E-state index in [1.165, 1.54) is 0 Å². The first-order chi connectivity index (χ1) is 12.2. The van der Waals surface area contributed by atoms with Gasteiger partial charge < -0.3 is 18.9 Å². The average molecular weight is 346 g/mol. The van der Waals surface area contributed by atoms with Crippen LogP contribution in [0.25, 0.3) is 0 Å². The van der Waals surface area contributed by atoms with Gasteiger partial charge in [0.15, 0.2) is 0 Å². The number of ether oxygens (including phenoxy) is 4. The molecular formula is C19H22O6. The molecule has 0 aliphatic carbocycles. The third-order valence-electron chi connectivity index (χ3n) is 4.29. The van der Waals surface area contributed by atoms with Crippen molar-refractivity contribution in [3.63, 3.8) is 0 Å². The Hall–Kier alpha value is -2.44. The van der Waals surface area contributed by atoms with Gasteiger partial charge in [-0.15, -0.1) is 0 Å². The normalized spacial score (nSPS) is 19.5. The molecule has 1 saturated heterocycles. The maximum atomic E-state index is 5.57. The van der Waals surface area contributed by atoms with Crippen molar-refractivity contribution >= 4 is 0 Å². The summed E-state index contributed by atoms with van der Waals surface area (Å²) in [5, 5.41) is 0. The average Bonchev–Trinajstić information content (AvgIpc) is 3.16. The molecule has 0 aromatic heterocycles. The Morgan fingerprint density at radius 2 is 1.12 bits per heavy atom. The van der Waals surface area contributed by atoms with Gasteiger partial charge in [-0.25, -0.2) is 9.78 Å². The molecule has 134 valence electrons. The van der Waals surface area contributed by atoms with Crippen molar-refractivity contribution in [2.24, 2.45) is 0 Å². The Kier molecular flexibility index (Phi) is 5.31. The van der Waals surface area contributed by atoms with Crippen molar-refractivity contribution in [2.45, 2.75) is 18.6 Å². The summed E-state index contributed by atoms with van der Waals surface area (Å²) in [7, 11) is 6.49. The highest BCUT2D eigenvalue weighted by Gasteiger charge is 2.33. The Labute approximate surface area is 147 Å². The van der Waals surface area contributed by atoms with Crippen LogP contribution in [-0.4, -0.2) is 28.4 Å². The molecule has 1 aliphatic heterocycles. The minimum Gasteiger partial charge on any atom is -0.497 e. The molecule has 0 spiro atoms. The van der Waals surface area contributed by atoms with Crippen molar-refractivity contribution < 1.29 is 28.7 Å². The molecule has 2 atom stereocenters. The lowest BCUT2D eigenvalue weighted by Crippen LogP contribution is -2.01. The number of methoxy groups -OCH3 is 4. The monoisotopic (exact) mass is 346 g/mol. The lowest BCUT2D eigenvalue weighted by molar-refractivity contribution is -0.301. The van der Waals surface area contributed by atoms with Crippen LogP contribution < -0.4 is 18.9 Å². The standard InChI is InChI=1S/C19H22O6/c1-20-12-5-7-14(16(9-12)22-3)18-11-19(25-24-18)15-8-6-13(21-2)10-17(15)23-4/h5-10,18-19H,11H2,1-4H3/t18-,19+. The van der Waals surface area contributed by atoms with Crippen molar-refractivity contribution in [3.8, 4) is 23.0 Å². The SMILES string of the molecule is COc1ccc([C@@H]2C[C@H](c3ccc(OC)cc3OC)OO2)c(OC)c1. The summed E-state index contributed by atoms with van der Waals surface area (Å²) >= 11 is 0. The number of hydrogen-bond acceptors (Lipinski definition) is 6. The summed E-state index contributed by atoms with van der Waals surface area (Å²) in [6, 6.07) is 11.3. The smallest absolute Gasteiger partial charge is 0.128 e. The second-order valence-electron chi connectivity index (χ2n) is 5.62. The van der Waals surface area contributed by atoms with Crippen LogP contribution in [0, 0.1) is 0 Å². The second kappa shape index (κ2) is 7.63. The largest absolute Gasteiger partial charge is 0.497 e. The lowest BCUT2D eigenvalue weighted by atomic mass is 9.98. The Morgan fingerprint density at radius 3 is 1.48 bits per heavy atom. The van der Waals surface area contributed by atoms with Gasteiger partial charge in [0, 0.05) is 29.7 Å². The first-order valence-corrected chi connectivity index (χ1v) is 7.96. The molecule has 0 saturated carbocycles. The summed E-state index contributed by atoms with van der Waals surface area (Å²) in [6.45, 7) is 0. The minimum atomic E-state index is -0.238. The van der Waals surface area contributed by atoms with Gasteiger partial charge in [-0.2, -0.15) is 0 Å². The molecule has 25 heavy (non-hydrogen) atoms. The van der Waals surface area contributed by atoms with Crippen molar-refractivity contribution in [1.82, 2.24) is 0 Å². The predicted molar refractivity (Wildman–Crippen MR) is 91.4 cm³/mol. The van der Waals surface area contributed by atoms with Gasteiger partial charge >= 0.3 is 0 Å². The maximum Gasteiger partial charge on any atom is 0.128 e. The van der Waals surface area contributed by atoms with E-state index in [0.29, 0.717) is 17.9 Å². The van der Waals surface area contributed by atoms with Crippen LogP contribution in [0.5, 0.6) is 23.0 Å². The van der Waals surface area contributed by atoms with Crippen molar-refractivity contribution in [1.29, 1.82) is 0 Å². The topological polar surface area (TPSA) is 55.4 Å². The van der Waals surface area contributed by atoms with Crippen LogP contribution in [0.3, 0.4) is 0 Å². The zero-order valence-corrected chi connectivity index (χ0v) is 14.8. The van der Waals surface area contributed by atoms with Gasteiger partial charge in [-0.1, -0.05) is 0 Å². The molecule has 3 rings (SSSR count). The van der Waals surface area contributed by atoms with E-state index in [1.54, 1.807) is 28.4 Å². The van der Waals surface area contributed by atoms with Crippen molar-refractivity contribution in [3.05, 3.63) is 47.5 Å². The third kappa shape index (κ3) is 3.50. The van der Waals surface area contributed by atoms with Crippen molar-refractivity contribution in [2.75, 3.05) is 28.4 Å². The molecule has 0 N–H and O–H groups in total. The van der Waals surface area contributed by atoms with Gasteiger partial charge in [-0.3, -0.25) is 0 Å². The van der Waals surface area contributed by atoms with E-state index in [4.69, 9.17) is 28.7 Å². The van der Waals surface area contributed by atoms with Gasteiger partial charge in [-0.05, 0) is 24.3 Å². The number of hydrogen-bond donors (Lipinski definition) is 0. The molecule has 0 amide bonds. The molecule has 0 unspecified atom stereocenters. The molecule has 6 heteroatoms. The fourth-order valence-corrected chi connectivity index (χ4v) is 2.93. The van der Waals surface area contributed by atoms with E-state index in [-0.39, 0.29) is 12.2 Å². The van der Waals surface area contributed by atoms with Gasteiger partial charge in [0.25, 0.3) is 0 Å². The molecule has 0 bridgehead atoms. The highest BCUT2D eigenvalue weighted by molar-refractivity contribution is 5.44. The lowest BCUT2D eigenvalue weighted by Gasteiger charge is -2.14. The van der Waals surface area contributed by atoms with Crippen LogP contribution in [0.2, 0.25) is 0 Å². The summed E-state index contributed by atoms with van der Waals surface area (Å²) < 4.78 is 21.4. The Balaban J connectivity index is 1.83. The van der Waals surface area contributed by atoms with Crippen LogP contribution in [0.1, 0.15) is 29.8 Å². The second-order valence-corrected chi connectivity index (χ2v) is 5.62. The minimum absolute atomic E-state index is 0.238. The van der Waals surface area contributed by atoms with E-state index in [0.717, 1.165) is 22.6 Å². The fraction of sp³-hybridized carbons (Fsp3) is 0.368. The van der Waals surface area contributed by atoms with E-state index in [1.807, 2.05) is 36.4 Å². The first kappa shape index (κ1) is 17.4. The van der Waals surface area contributed by atoms with E-state index in [9.17, 15) is 0 Å². The predicted octanol–water partition coefficient (Wildman–Crippen LogP) is 3.86. The highest BCUT2D eigenvalue weighted by atomic mass is 17.2. The Morgan fingerprint density at radius 1 is 0.680 bits per heavy atom. The number of benzene rings is 2. The van der Waals surface area contributed by atoms with Crippen LogP contribution in [0.15, 0.2) is 36.4 Å². The maximum absolute atomic E-state index is 5.57. The third-order valence-corrected chi connectivity index (χ3v) is 4.29. The molecule has 1 aliphatic rings. The molecular weight excluding hydrogens is 324 g/mol. The molecule has 2 aromatic carbocycles. The van der Waals surface area contributed by atoms with Gasteiger partial charge in [0.05, 0.1) is 28.4 Å². The summed E-state index contributed by atoms with van der Waals surface area (Å²) in [5.74, 6) is 2.87. The molecule has 1 fully saturated rings. The highest BCUT2D eigenvalue weighted by Crippen LogP contribution is 2.45. The number of rotatable bonds is 6. The summed E-state index contributed by atoms with van der Waals surface area (Å²) in [6.07, 6.45) is 0.168. The van der Waals surface area contributed by atoms with E-state index in [2.05, 4.69) is 0 Å². The van der Waals surface area contributed by atoms with Gasteiger partial charge in [0.2, 0.25) is 0 Å². The van der Waals surface area contributed by atoms with E-state index < -0.39 is 0 Å². The van der Waals surface area contributed by atoms with Gasteiger partial charge in [0.1, 0.15) is 35.2 Å². The molecule has 2 aromatic rings. The zero-order valence-electron chi connectivity index (χ0n) is 14.8. The first-order valence-electron chi connectivity index (χ1n) is 7.96. The summed E-state index contributed by atoms with van der Waals surface area (Å²) in [4.78, 5) is 11.1. The summed E-state index contributed by atoms with van der Waals surface area (Å²) in [5.41, 5.74) is 1.83. The van der Waals surface area contributed by atoms with Crippen LogP contribution in [-0.2, 0) is 9.78 Å². The van der Waals surface area contributed by atoms with Crippen LogP contribution in [0.4, 0.5) is 0 Å². The molecule has 1 heterocycles. The molecule has 0 radical (unpaired) electrons. The molecule has 6 nitrogen and oxygen atoms in total. The quantitative estimate of drug-likeness (QED) is 0.741. The Bertz CT molecular complexity index is 668. The fourth-order valence-electron chi connectivity index (χ4n) is 2.93. The zero-order chi connectivity index (χ0) is 17.8. The van der Waals surface area contributed by atoms with Crippen LogP contribution >= 0.6 is 0 Å². The van der Waals surface area contributed by atoms with E-state index >= 15 is 0 Å².